The molecular formula is C56H38N6. The zero-order valence-electron chi connectivity index (χ0n) is 33.7. The zero-order chi connectivity index (χ0) is 41.0. The van der Waals surface area contributed by atoms with Gasteiger partial charge in [-0.15, -0.1) is 0 Å². The summed E-state index contributed by atoms with van der Waals surface area (Å²) in [7, 11) is 0. The molecule has 0 bridgehead atoms. The summed E-state index contributed by atoms with van der Waals surface area (Å²) < 4.78 is 4.86. The maximum Gasteiger partial charge on any atom is 0.165 e. The molecule has 1 atom stereocenters. The molecule has 0 fully saturated rings. The Morgan fingerprint density at radius 3 is 1.68 bits per heavy atom. The topological polar surface area (TPSA) is 61.4 Å². The molecule has 11 aromatic rings. The van der Waals surface area contributed by atoms with Gasteiger partial charge in [-0.2, -0.15) is 0 Å². The van der Waals surface area contributed by atoms with E-state index in [2.05, 4.69) is 149 Å². The van der Waals surface area contributed by atoms with Crippen LogP contribution in [0.3, 0.4) is 0 Å². The van der Waals surface area contributed by atoms with Gasteiger partial charge in [-0.05, 0) is 72.2 Å². The van der Waals surface area contributed by atoms with E-state index in [1.165, 1.54) is 60.6 Å². The summed E-state index contributed by atoms with van der Waals surface area (Å²) in [6, 6.07) is 64.3. The molecule has 1 aliphatic carbocycles. The quantitative estimate of drug-likeness (QED) is 0.161. The number of benzene rings is 7. The van der Waals surface area contributed by atoms with Crippen LogP contribution in [0.4, 0.5) is 0 Å². The Morgan fingerprint density at radius 1 is 0.403 bits per heavy atom. The average Bonchev–Trinajstić information content (AvgIpc) is 3.87. The van der Waals surface area contributed by atoms with Crippen molar-refractivity contribution in [1.29, 1.82) is 0 Å². The van der Waals surface area contributed by atoms with Gasteiger partial charge in [-0.3, -0.25) is 4.98 Å². The van der Waals surface area contributed by atoms with Crippen molar-refractivity contribution < 1.29 is 0 Å². The highest BCUT2D eigenvalue weighted by atomic mass is 15.0. The normalized spacial score (nSPS) is 13.9. The van der Waals surface area contributed by atoms with Gasteiger partial charge in [0, 0.05) is 73.5 Å². The summed E-state index contributed by atoms with van der Waals surface area (Å²) in [5.74, 6) is 2.04. The number of hydrogen-bond donors (Lipinski definition) is 0. The monoisotopic (exact) mass is 794 g/mol. The molecule has 292 valence electrons. The van der Waals surface area contributed by atoms with Crippen LogP contribution in [0.1, 0.15) is 17.9 Å². The van der Waals surface area contributed by atoms with Gasteiger partial charge in [-0.1, -0.05) is 146 Å². The van der Waals surface area contributed by atoms with E-state index < -0.39 is 0 Å². The minimum Gasteiger partial charge on any atom is -0.313 e. The van der Waals surface area contributed by atoms with E-state index in [-0.39, 0.29) is 5.92 Å². The van der Waals surface area contributed by atoms with Crippen molar-refractivity contribution in [2.45, 2.75) is 12.3 Å². The molecule has 4 heterocycles. The summed E-state index contributed by atoms with van der Waals surface area (Å²) in [5.41, 5.74) is 13.3. The third kappa shape index (κ3) is 6.11. The Balaban J connectivity index is 0.916. The molecule has 0 aliphatic heterocycles. The van der Waals surface area contributed by atoms with Crippen molar-refractivity contribution in [2.24, 2.45) is 0 Å². The molecule has 0 radical (unpaired) electrons. The Kier molecular flexibility index (Phi) is 8.52. The first-order valence-corrected chi connectivity index (χ1v) is 21.1. The maximum absolute atomic E-state index is 4.97. The first-order chi connectivity index (χ1) is 30.7. The van der Waals surface area contributed by atoms with Crippen LogP contribution in [-0.2, 0) is 0 Å². The third-order valence-electron chi connectivity index (χ3n) is 12.2. The molecule has 7 aromatic carbocycles. The summed E-state index contributed by atoms with van der Waals surface area (Å²) >= 11 is 0. The molecule has 6 heteroatoms. The predicted octanol–water partition coefficient (Wildman–Crippen LogP) is 13.7. The van der Waals surface area contributed by atoms with E-state index in [9.17, 15) is 0 Å². The van der Waals surface area contributed by atoms with E-state index in [1.807, 2.05) is 73.1 Å². The smallest absolute Gasteiger partial charge is 0.165 e. The Bertz CT molecular complexity index is 3490. The lowest BCUT2D eigenvalue weighted by Crippen LogP contribution is -2.06. The number of rotatable bonds is 7. The highest BCUT2D eigenvalue weighted by Gasteiger charge is 2.22. The maximum atomic E-state index is 4.97. The molecule has 1 unspecified atom stereocenters. The van der Waals surface area contributed by atoms with Crippen LogP contribution in [0.5, 0.6) is 0 Å². The van der Waals surface area contributed by atoms with Gasteiger partial charge in [0.2, 0.25) is 0 Å². The summed E-state index contributed by atoms with van der Waals surface area (Å²) in [6.45, 7) is 0. The van der Waals surface area contributed by atoms with Crippen molar-refractivity contribution in [3.63, 3.8) is 0 Å². The molecule has 0 saturated carbocycles. The SMILES string of the molecule is C1=CC(c2ccc3c4ccccc4n(-c4ccccc4)c3c2)CC(n2c3ccccc3c3cc(-c4cncc(-c5nc(-c6ccccc6)nc(-c6ccccc6)n5)c4)ccc32)=C1. The summed E-state index contributed by atoms with van der Waals surface area (Å²) in [5, 5.41) is 4.95. The van der Waals surface area contributed by atoms with Gasteiger partial charge < -0.3 is 9.13 Å². The van der Waals surface area contributed by atoms with E-state index in [1.54, 1.807) is 0 Å². The van der Waals surface area contributed by atoms with Crippen LogP contribution in [0.25, 0.3) is 100 Å². The van der Waals surface area contributed by atoms with Crippen molar-refractivity contribution in [2.75, 3.05) is 0 Å². The van der Waals surface area contributed by atoms with E-state index >= 15 is 0 Å². The standard InChI is InChI=1S/C56H38N6/c1-4-15-37(16-5-1)54-58-55(38-17-6-2-7-18-38)60-56(59-54)43-31-42(35-57-36-43)40-28-30-52-49(33-40)47-24-11-13-26-51(47)62(52)45-22-14-19-39(32-45)41-27-29-48-46-23-10-12-25-50(46)61(53(48)34-41)44-20-8-3-9-21-44/h1-31,33-36,39H,32H2. The molecule has 4 aromatic heterocycles. The molecule has 0 saturated heterocycles. The Morgan fingerprint density at radius 2 is 0.968 bits per heavy atom. The Hall–Kier alpha value is -8.22. The number of para-hydroxylation sites is 3. The van der Waals surface area contributed by atoms with Gasteiger partial charge in [-0.25, -0.2) is 15.0 Å². The minimum atomic E-state index is 0.214. The number of nitrogens with zero attached hydrogens (tertiary/aromatic N) is 6. The van der Waals surface area contributed by atoms with Gasteiger partial charge in [0.15, 0.2) is 17.5 Å². The van der Waals surface area contributed by atoms with Crippen LogP contribution in [0.2, 0.25) is 0 Å². The molecule has 62 heavy (non-hydrogen) atoms. The van der Waals surface area contributed by atoms with Crippen molar-refractivity contribution in [1.82, 2.24) is 29.1 Å². The summed E-state index contributed by atoms with van der Waals surface area (Å²) in [4.78, 5) is 19.6. The lowest BCUT2D eigenvalue weighted by Gasteiger charge is -2.22. The first-order valence-electron chi connectivity index (χ1n) is 21.1. The second kappa shape index (κ2) is 14.8. The fourth-order valence-corrected chi connectivity index (χ4v) is 9.25. The largest absolute Gasteiger partial charge is 0.313 e. The number of hydrogen-bond acceptors (Lipinski definition) is 4. The molecule has 0 amide bonds. The lowest BCUT2D eigenvalue weighted by molar-refractivity contribution is 0.838. The van der Waals surface area contributed by atoms with Crippen molar-refractivity contribution >= 4 is 49.3 Å². The molecule has 0 N–H and O–H groups in total. The van der Waals surface area contributed by atoms with Gasteiger partial charge >= 0.3 is 0 Å². The molecule has 6 nitrogen and oxygen atoms in total. The molecular weight excluding hydrogens is 757 g/mol. The first kappa shape index (κ1) is 35.7. The third-order valence-corrected chi connectivity index (χ3v) is 12.2. The second-order valence-electron chi connectivity index (χ2n) is 15.9. The van der Waals surface area contributed by atoms with E-state index in [0.717, 1.165) is 34.2 Å². The molecule has 12 rings (SSSR count). The number of allylic oxidation sites excluding steroid dienone is 4. The average molecular weight is 795 g/mol. The van der Waals surface area contributed by atoms with Crippen molar-refractivity contribution in [3.8, 4) is 51.0 Å². The van der Waals surface area contributed by atoms with Gasteiger partial charge in [0.05, 0.1) is 22.1 Å². The highest BCUT2D eigenvalue weighted by molar-refractivity contribution is 6.12. The van der Waals surface area contributed by atoms with Gasteiger partial charge in [0.1, 0.15) is 0 Å². The van der Waals surface area contributed by atoms with E-state index in [4.69, 9.17) is 19.9 Å². The second-order valence-corrected chi connectivity index (χ2v) is 15.9. The number of aromatic nitrogens is 6. The van der Waals surface area contributed by atoms with Crippen LogP contribution >= 0.6 is 0 Å². The molecule has 0 spiro atoms. The fraction of sp³-hybridized carbons (Fsp3) is 0.0357. The van der Waals surface area contributed by atoms with Crippen LogP contribution in [0.15, 0.2) is 213 Å². The Labute approximate surface area is 358 Å². The minimum absolute atomic E-state index is 0.214. The van der Waals surface area contributed by atoms with E-state index in [0.29, 0.717) is 17.5 Å². The van der Waals surface area contributed by atoms with Crippen LogP contribution in [0, 0.1) is 0 Å². The van der Waals surface area contributed by atoms with Crippen LogP contribution < -0.4 is 0 Å². The zero-order valence-corrected chi connectivity index (χ0v) is 33.7. The predicted molar refractivity (Wildman–Crippen MR) is 254 cm³/mol. The van der Waals surface area contributed by atoms with Gasteiger partial charge in [0.25, 0.3) is 0 Å². The van der Waals surface area contributed by atoms with Crippen molar-refractivity contribution in [3.05, 3.63) is 218 Å². The number of fused-ring (bicyclic) bond motifs is 6. The van der Waals surface area contributed by atoms with Crippen LogP contribution in [-0.4, -0.2) is 29.1 Å². The highest BCUT2D eigenvalue weighted by Crippen LogP contribution is 2.41. The fourth-order valence-electron chi connectivity index (χ4n) is 9.25. The summed E-state index contributed by atoms with van der Waals surface area (Å²) in [6.07, 6.45) is 11.5. The lowest BCUT2D eigenvalue weighted by atomic mass is 9.90. The molecule has 1 aliphatic rings. The number of pyridine rings is 1.